The number of fused-ring (bicyclic) bond motifs is 2. The monoisotopic (exact) mass is 470 g/mol. The fraction of sp³-hybridized carbons (Fsp3) is 0.200. The largest absolute Gasteiger partial charge is 0.398 e. The number of hydrogen-bond acceptors (Lipinski definition) is 7. The molecule has 8 nitrogen and oxygen atoms in total. The average Bonchev–Trinajstić information content (AvgIpc) is 3.34. The minimum Gasteiger partial charge on any atom is -0.398 e. The topological polar surface area (TPSA) is 112 Å². The highest BCUT2D eigenvalue weighted by molar-refractivity contribution is 7.18. The third-order valence-corrected chi connectivity index (χ3v) is 6.41. The molecule has 3 N–H and O–H groups in total. The van der Waals surface area contributed by atoms with Crippen LogP contribution in [-0.4, -0.2) is 35.5 Å². The molecule has 5 rings (SSSR count). The van der Waals surface area contributed by atoms with Gasteiger partial charge in [-0.2, -0.15) is 5.10 Å². The second-order valence-electron chi connectivity index (χ2n) is 8.08. The minimum absolute atomic E-state index is 0.128. The van der Waals surface area contributed by atoms with E-state index in [1.807, 2.05) is 44.2 Å². The van der Waals surface area contributed by atoms with Gasteiger partial charge in [-0.3, -0.25) is 9.36 Å². The van der Waals surface area contributed by atoms with Crippen LogP contribution in [0, 0.1) is 25.7 Å². The summed E-state index contributed by atoms with van der Waals surface area (Å²) in [5.41, 5.74) is 9.24. The Balaban J connectivity index is 1.76. The lowest BCUT2D eigenvalue weighted by atomic mass is 10.2. The Kier molecular flexibility index (Phi) is 5.40. The molecule has 4 heterocycles. The number of rotatable bonds is 3. The number of nitrogen functional groups attached to an aromatic ring is 1. The molecule has 0 saturated heterocycles. The molecule has 170 valence electrons. The van der Waals surface area contributed by atoms with Crippen molar-refractivity contribution in [3.05, 3.63) is 74.9 Å². The van der Waals surface area contributed by atoms with Gasteiger partial charge in [0.05, 0.1) is 16.5 Å². The van der Waals surface area contributed by atoms with Crippen LogP contribution < -0.4 is 11.3 Å². The van der Waals surface area contributed by atoms with E-state index in [4.69, 9.17) is 10.7 Å². The molecule has 0 unspecified atom stereocenters. The summed E-state index contributed by atoms with van der Waals surface area (Å²) < 4.78 is 3.30. The maximum atomic E-state index is 13.6. The van der Waals surface area contributed by atoms with Crippen LogP contribution in [0.25, 0.3) is 26.9 Å². The summed E-state index contributed by atoms with van der Waals surface area (Å²) >= 11 is 1.48. The lowest BCUT2D eigenvalue weighted by Gasteiger charge is -2.15. The molecular formula is C25H22N6O2S. The molecule has 0 saturated carbocycles. The van der Waals surface area contributed by atoms with Crippen molar-refractivity contribution in [2.45, 2.75) is 33.4 Å². The Morgan fingerprint density at radius 3 is 2.79 bits per heavy atom. The summed E-state index contributed by atoms with van der Waals surface area (Å²) in [4.78, 5) is 24.7. The zero-order valence-corrected chi connectivity index (χ0v) is 19.7. The van der Waals surface area contributed by atoms with Gasteiger partial charge in [-0.05, 0) is 50.5 Å². The SMILES string of the molecule is Cc1cc2c(=O)n(-c3ccccc3C)c(Cn3nc(C#C[C@H](C)O)c4c(N)ccnc43)nc2s1. The van der Waals surface area contributed by atoms with E-state index in [9.17, 15) is 9.90 Å². The van der Waals surface area contributed by atoms with Crippen molar-refractivity contribution in [2.75, 3.05) is 5.73 Å². The van der Waals surface area contributed by atoms with E-state index >= 15 is 0 Å². The lowest BCUT2D eigenvalue weighted by molar-refractivity contribution is 0.253. The zero-order valence-electron chi connectivity index (χ0n) is 18.9. The maximum absolute atomic E-state index is 13.6. The van der Waals surface area contributed by atoms with Gasteiger partial charge < -0.3 is 10.8 Å². The lowest BCUT2D eigenvalue weighted by Crippen LogP contribution is -2.25. The number of thiophene rings is 1. The Labute approximate surface area is 199 Å². The smallest absolute Gasteiger partial charge is 0.266 e. The molecule has 0 amide bonds. The molecule has 1 aromatic carbocycles. The van der Waals surface area contributed by atoms with Gasteiger partial charge in [-0.1, -0.05) is 24.1 Å². The molecule has 0 aliphatic rings. The molecule has 0 aliphatic heterocycles. The first kappa shape index (κ1) is 21.8. The highest BCUT2D eigenvalue weighted by Crippen LogP contribution is 2.26. The van der Waals surface area contributed by atoms with Crippen LogP contribution in [0.2, 0.25) is 0 Å². The number of pyridine rings is 1. The molecule has 4 aromatic heterocycles. The van der Waals surface area contributed by atoms with Crippen LogP contribution >= 0.6 is 11.3 Å². The second kappa shape index (κ2) is 8.41. The van der Waals surface area contributed by atoms with Gasteiger partial charge in [-0.25, -0.2) is 14.6 Å². The summed E-state index contributed by atoms with van der Waals surface area (Å²) in [5.74, 6) is 6.14. The zero-order chi connectivity index (χ0) is 24.0. The molecular weight excluding hydrogens is 448 g/mol. The highest BCUT2D eigenvalue weighted by Gasteiger charge is 2.19. The average molecular weight is 471 g/mol. The van der Waals surface area contributed by atoms with Crippen molar-refractivity contribution in [1.29, 1.82) is 0 Å². The van der Waals surface area contributed by atoms with Gasteiger partial charge in [0.15, 0.2) is 5.65 Å². The molecule has 0 fully saturated rings. The van der Waals surface area contributed by atoms with E-state index in [2.05, 4.69) is 21.9 Å². The molecule has 34 heavy (non-hydrogen) atoms. The second-order valence-corrected chi connectivity index (χ2v) is 9.32. The van der Waals surface area contributed by atoms with E-state index in [1.165, 1.54) is 11.3 Å². The number of nitrogens with zero attached hydrogens (tertiary/aromatic N) is 5. The third kappa shape index (κ3) is 3.73. The molecule has 1 atom stereocenters. The van der Waals surface area contributed by atoms with Crippen LogP contribution in [0.1, 0.15) is 28.9 Å². The number of benzene rings is 1. The Hall–Kier alpha value is -4.00. The predicted octanol–water partition coefficient (Wildman–Crippen LogP) is 3.17. The molecule has 0 aliphatic carbocycles. The van der Waals surface area contributed by atoms with E-state index in [-0.39, 0.29) is 12.1 Å². The first-order valence-electron chi connectivity index (χ1n) is 10.7. The van der Waals surface area contributed by atoms with Crippen LogP contribution in [-0.2, 0) is 6.54 Å². The Morgan fingerprint density at radius 2 is 2.03 bits per heavy atom. The number of aryl methyl sites for hydroxylation is 2. The quantitative estimate of drug-likeness (QED) is 0.392. The van der Waals surface area contributed by atoms with Gasteiger partial charge in [0, 0.05) is 16.8 Å². The van der Waals surface area contributed by atoms with Crippen molar-refractivity contribution >= 4 is 38.3 Å². The van der Waals surface area contributed by atoms with Crippen LogP contribution in [0.3, 0.4) is 0 Å². The summed E-state index contributed by atoms with van der Waals surface area (Å²) in [5, 5.41) is 15.4. The number of aliphatic hydroxyl groups is 1. The van der Waals surface area contributed by atoms with E-state index in [0.717, 1.165) is 16.1 Å². The first-order chi connectivity index (χ1) is 16.3. The molecule has 9 heteroatoms. The van der Waals surface area contributed by atoms with Crippen molar-refractivity contribution < 1.29 is 5.11 Å². The minimum atomic E-state index is -0.810. The number of aliphatic hydroxyl groups excluding tert-OH is 1. The molecule has 5 aromatic rings. The van der Waals surface area contributed by atoms with Crippen LogP contribution in [0.5, 0.6) is 0 Å². The summed E-state index contributed by atoms with van der Waals surface area (Å²) in [6.45, 7) is 5.69. The standard InChI is InChI=1S/C25H22N6O2S/c1-14-6-4-5-7-20(14)31-21(28-24-17(25(31)33)12-16(3)34-24)13-30-23-22(18(26)10-11-27-23)19(29-30)9-8-15(2)32/h4-7,10-12,15,32H,13H2,1-3H3,(H2,26,27)/t15-/m0/s1. The Bertz CT molecular complexity index is 1680. The van der Waals surface area contributed by atoms with Gasteiger partial charge in [-0.15, -0.1) is 11.3 Å². The van der Waals surface area contributed by atoms with Crippen molar-refractivity contribution in [2.24, 2.45) is 0 Å². The highest BCUT2D eigenvalue weighted by atomic mass is 32.1. The normalized spacial score (nSPS) is 12.1. The molecule has 0 spiro atoms. The summed E-state index contributed by atoms with van der Waals surface area (Å²) in [7, 11) is 0. The molecule has 0 bridgehead atoms. The number of anilines is 1. The van der Waals surface area contributed by atoms with E-state index in [1.54, 1.807) is 28.4 Å². The fourth-order valence-corrected chi connectivity index (χ4v) is 4.83. The fourth-order valence-electron chi connectivity index (χ4n) is 3.94. The maximum Gasteiger partial charge on any atom is 0.266 e. The van der Waals surface area contributed by atoms with Crippen molar-refractivity contribution in [3.8, 4) is 17.5 Å². The predicted molar refractivity (Wildman–Crippen MR) is 134 cm³/mol. The van der Waals surface area contributed by atoms with Crippen molar-refractivity contribution in [1.82, 2.24) is 24.3 Å². The number of nitrogens with two attached hydrogens (primary N) is 1. The van der Waals surface area contributed by atoms with E-state index < -0.39 is 6.10 Å². The van der Waals surface area contributed by atoms with Crippen LogP contribution in [0.4, 0.5) is 5.69 Å². The third-order valence-electron chi connectivity index (χ3n) is 5.47. The van der Waals surface area contributed by atoms with Crippen molar-refractivity contribution in [3.63, 3.8) is 0 Å². The Morgan fingerprint density at radius 1 is 1.24 bits per heavy atom. The van der Waals surface area contributed by atoms with Gasteiger partial charge in [0.25, 0.3) is 5.56 Å². The summed E-state index contributed by atoms with van der Waals surface area (Å²) in [6.07, 6.45) is 0.797. The molecule has 0 radical (unpaired) electrons. The first-order valence-corrected chi connectivity index (χ1v) is 11.5. The number of para-hydroxylation sites is 1. The van der Waals surface area contributed by atoms with Gasteiger partial charge in [0.1, 0.15) is 29.0 Å². The van der Waals surface area contributed by atoms with Gasteiger partial charge >= 0.3 is 0 Å². The van der Waals surface area contributed by atoms with Gasteiger partial charge in [0.2, 0.25) is 0 Å². The number of aromatic nitrogens is 5. The summed E-state index contributed by atoms with van der Waals surface area (Å²) in [6, 6.07) is 11.3. The number of hydrogen-bond donors (Lipinski definition) is 2. The van der Waals surface area contributed by atoms with Crippen LogP contribution in [0.15, 0.2) is 47.4 Å². The van der Waals surface area contributed by atoms with E-state index in [0.29, 0.717) is 38.5 Å².